The molecule has 0 bridgehead atoms. The lowest BCUT2D eigenvalue weighted by Crippen LogP contribution is -2.40. The SMILES string of the molecule is O/N=C(/c1ccccc1)C1CCCCN1. The van der Waals surface area contributed by atoms with E-state index in [1.54, 1.807) is 0 Å². The molecule has 3 nitrogen and oxygen atoms in total. The second-order valence-corrected chi connectivity index (χ2v) is 3.85. The van der Waals surface area contributed by atoms with Crippen molar-refractivity contribution in [3.05, 3.63) is 35.9 Å². The van der Waals surface area contributed by atoms with E-state index >= 15 is 0 Å². The van der Waals surface area contributed by atoms with Crippen LogP contribution in [0.5, 0.6) is 0 Å². The summed E-state index contributed by atoms with van der Waals surface area (Å²) in [7, 11) is 0. The van der Waals surface area contributed by atoms with Gasteiger partial charge >= 0.3 is 0 Å². The molecule has 1 unspecified atom stereocenters. The van der Waals surface area contributed by atoms with Crippen LogP contribution in [0.1, 0.15) is 24.8 Å². The number of nitrogens with one attached hydrogen (secondary N) is 1. The van der Waals surface area contributed by atoms with Gasteiger partial charge in [0.05, 0.1) is 6.04 Å². The third-order valence-corrected chi connectivity index (χ3v) is 2.82. The van der Waals surface area contributed by atoms with Gasteiger partial charge in [-0.1, -0.05) is 41.9 Å². The van der Waals surface area contributed by atoms with Gasteiger partial charge in [0.15, 0.2) is 0 Å². The second kappa shape index (κ2) is 4.94. The Morgan fingerprint density at radius 2 is 2.07 bits per heavy atom. The Hall–Kier alpha value is -1.35. The Bertz CT molecular complexity index is 329. The van der Waals surface area contributed by atoms with E-state index in [0.717, 1.165) is 24.2 Å². The van der Waals surface area contributed by atoms with Crippen LogP contribution in [0.15, 0.2) is 35.5 Å². The zero-order valence-electron chi connectivity index (χ0n) is 8.69. The standard InChI is InChI=1S/C12H16N2O/c15-14-12(10-6-2-1-3-7-10)11-8-4-5-9-13-11/h1-3,6-7,11,13,15H,4-5,8-9H2/b14-12-. The normalized spacial score (nSPS) is 22.7. The van der Waals surface area contributed by atoms with Crippen molar-refractivity contribution in [3.8, 4) is 0 Å². The van der Waals surface area contributed by atoms with Crippen molar-refractivity contribution in [2.45, 2.75) is 25.3 Å². The molecule has 1 aromatic rings. The van der Waals surface area contributed by atoms with Gasteiger partial charge in [-0.15, -0.1) is 0 Å². The van der Waals surface area contributed by atoms with Crippen LogP contribution in [0, 0.1) is 0 Å². The summed E-state index contributed by atoms with van der Waals surface area (Å²) in [4.78, 5) is 0. The van der Waals surface area contributed by atoms with Gasteiger partial charge in [-0.2, -0.15) is 0 Å². The highest BCUT2D eigenvalue weighted by Crippen LogP contribution is 2.13. The summed E-state index contributed by atoms with van der Waals surface area (Å²) in [5.74, 6) is 0. The first-order valence-electron chi connectivity index (χ1n) is 5.42. The van der Waals surface area contributed by atoms with Crippen molar-refractivity contribution < 1.29 is 5.21 Å². The lowest BCUT2D eigenvalue weighted by Gasteiger charge is -2.24. The number of hydrogen-bond donors (Lipinski definition) is 2. The number of piperidine rings is 1. The molecule has 1 saturated heterocycles. The van der Waals surface area contributed by atoms with Crippen LogP contribution in [-0.2, 0) is 0 Å². The molecule has 2 N–H and O–H groups in total. The van der Waals surface area contributed by atoms with Crippen LogP contribution in [0.2, 0.25) is 0 Å². The number of rotatable bonds is 2. The average molecular weight is 204 g/mol. The first-order valence-corrected chi connectivity index (χ1v) is 5.42. The van der Waals surface area contributed by atoms with Crippen molar-refractivity contribution in [1.29, 1.82) is 0 Å². The molecular formula is C12H16N2O. The number of oxime groups is 1. The van der Waals surface area contributed by atoms with Crippen LogP contribution < -0.4 is 5.32 Å². The van der Waals surface area contributed by atoms with E-state index in [2.05, 4.69) is 10.5 Å². The fourth-order valence-electron chi connectivity index (χ4n) is 2.02. The first kappa shape index (κ1) is 10.2. The van der Waals surface area contributed by atoms with E-state index in [4.69, 9.17) is 5.21 Å². The molecule has 0 saturated carbocycles. The highest BCUT2D eigenvalue weighted by atomic mass is 16.4. The highest BCUT2D eigenvalue weighted by Gasteiger charge is 2.20. The molecule has 0 radical (unpaired) electrons. The fourth-order valence-corrected chi connectivity index (χ4v) is 2.02. The van der Waals surface area contributed by atoms with Gasteiger partial charge in [-0.05, 0) is 19.4 Å². The van der Waals surface area contributed by atoms with E-state index in [1.165, 1.54) is 12.8 Å². The predicted molar refractivity (Wildman–Crippen MR) is 60.4 cm³/mol. The van der Waals surface area contributed by atoms with Gasteiger partial charge in [0.25, 0.3) is 0 Å². The van der Waals surface area contributed by atoms with E-state index in [9.17, 15) is 0 Å². The molecule has 2 rings (SSSR count). The molecule has 0 spiro atoms. The lowest BCUT2D eigenvalue weighted by atomic mass is 9.96. The summed E-state index contributed by atoms with van der Waals surface area (Å²) in [5.41, 5.74) is 1.76. The Morgan fingerprint density at radius 1 is 1.27 bits per heavy atom. The molecule has 80 valence electrons. The molecule has 0 aromatic heterocycles. The van der Waals surface area contributed by atoms with E-state index in [1.807, 2.05) is 30.3 Å². The number of benzene rings is 1. The maximum atomic E-state index is 9.08. The van der Waals surface area contributed by atoms with Crippen molar-refractivity contribution in [1.82, 2.24) is 5.32 Å². The number of hydrogen-bond acceptors (Lipinski definition) is 3. The minimum Gasteiger partial charge on any atom is -0.411 e. The van der Waals surface area contributed by atoms with Crippen LogP contribution in [0.25, 0.3) is 0 Å². The largest absolute Gasteiger partial charge is 0.411 e. The third kappa shape index (κ3) is 2.36. The van der Waals surface area contributed by atoms with Crippen molar-refractivity contribution in [2.24, 2.45) is 5.16 Å². The van der Waals surface area contributed by atoms with E-state index in [0.29, 0.717) is 0 Å². The smallest absolute Gasteiger partial charge is 0.104 e. The highest BCUT2D eigenvalue weighted by molar-refractivity contribution is 6.04. The summed E-state index contributed by atoms with van der Waals surface area (Å²) < 4.78 is 0. The van der Waals surface area contributed by atoms with Gasteiger partial charge < -0.3 is 10.5 Å². The molecule has 1 heterocycles. The van der Waals surface area contributed by atoms with Crippen LogP contribution in [0.3, 0.4) is 0 Å². The Morgan fingerprint density at radius 3 is 2.67 bits per heavy atom. The summed E-state index contributed by atoms with van der Waals surface area (Å²) in [6.45, 7) is 1.01. The Labute approximate surface area is 89.8 Å². The third-order valence-electron chi connectivity index (χ3n) is 2.82. The molecule has 1 fully saturated rings. The molecule has 0 aliphatic carbocycles. The summed E-state index contributed by atoms with van der Waals surface area (Å²) in [5, 5.41) is 15.9. The molecule has 0 amide bonds. The maximum Gasteiger partial charge on any atom is 0.104 e. The molecule has 3 heteroatoms. The summed E-state index contributed by atoms with van der Waals surface area (Å²) in [6, 6.07) is 10.0. The summed E-state index contributed by atoms with van der Waals surface area (Å²) in [6.07, 6.45) is 3.46. The quantitative estimate of drug-likeness (QED) is 0.439. The summed E-state index contributed by atoms with van der Waals surface area (Å²) >= 11 is 0. The molecule has 15 heavy (non-hydrogen) atoms. The van der Waals surface area contributed by atoms with E-state index < -0.39 is 0 Å². The van der Waals surface area contributed by atoms with Crippen molar-refractivity contribution in [3.63, 3.8) is 0 Å². The van der Waals surface area contributed by atoms with Crippen molar-refractivity contribution in [2.75, 3.05) is 6.54 Å². The molecule has 1 atom stereocenters. The van der Waals surface area contributed by atoms with Crippen LogP contribution in [0.4, 0.5) is 0 Å². The maximum absolute atomic E-state index is 9.08. The Kier molecular flexibility index (Phi) is 3.35. The Balaban J connectivity index is 2.17. The fraction of sp³-hybridized carbons (Fsp3) is 0.417. The van der Waals surface area contributed by atoms with Crippen LogP contribution >= 0.6 is 0 Å². The second-order valence-electron chi connectivity index (χ2n) is 3.85. The van der Waals surface area contributed by atoms with E-state index in [-0.39, 0.29) is 6.04 Å². The number of nitrogens with zero attached hydrogens (tertiary/aromatic N) is 1. The van der Waals surface area contributed by atoms with Crippen LogP contribution in [-0.4, -0.2) is 23.5 Å². The van der Waals surface area contributed by atoms with Gasteiger partial charge in [-0.3, -0.25) is 0 Å². The van der Waals surface area contributed by atoms with Crippen molar-refractivity contribution >= 4 is 5.71 Å². The lowest BCUT2D eigenvalue weighted by molar-refractivity contribution is 0.313. The zero-order chi connectivity index (χ0) is 10.5. The molecule has 1 aliphatic heterocycles. The first-order chi connectivity index (χ1) is 7.42. The minimum atomic E-state index is 0.200. The minimum absolute atomic E-state index is 0.200. The molecular weight excluding hydrogens is 188 g/mol. The van der Waals surface area contributed by atoms with Gasteiger partial charge in [0.2, 0.25) is 0 Å². The predicted octanol–water partition coefficient (Wildman–Crippen LogP) is 2.01. The topological polar surface area (TPSA) is 44.6 Å². The zero-order valence-corrected chi connectivity index (χ0v) is 8.69. The van der Waals surface area contributed by atoms with Gasteiger partial charge in [0, 0.05) is 5.56 Å². The van der Waals surface area contributed by atoms with Gasteiger partial charge in [-0.25, -0.2) is 0 Å². The molecule has 1 aliphatic rings. The molecule has 1 aromatic carbocycles. The van der Waals surface area contributed by atoms with Gasteiger partial charge in [0.1, 0.15) is 5.71 Å². The average Bonchev–Trinajstić information content (AvgIpc) is 2.33. The monoisotopic (exact) mass is 204 g/mol.